The van der Waals surface area contributed by atoms with E-state index in [1.807, 2.05) is 6.07 Å². The number of rotatable bonds is 6. The molecule has 0 aliphatic heterocycles. The lowest BCUT2D eigenvalue weighted by Gasteiger charge is -2.35. The lowest BCUT2D eigenvalue weighted by atomic mass is 9.67. The van der Waals surface area contributed by atoms with Crippen LogP contribution in [0.15, 0.2) is 174 Å². The van der Waals surface area contributed by atoms with Gasteiger partial charge in [-0.1, -0.05) is 128 Å². The molecule has 3 aliphatic carbocycles. The maximum atomic E-state index is 6.30. The van der Waals surface area contributed by atoms with Gasteiger partial charge in [-0.05, 0) is 124 Å². The predicted octanol–water partition coefficient (Wildman–Crippen LogP) is 13.3. The molecule has 2 fully saturated rings. The van der Waals surface area contributed by atoms with Crippen LogP contribution in [-0.2, 0) is 5.41 Å². The molecule has 250 valence electrons. The van der Waals surface area contributed by atoms with Crippen molar-refractivity contribution in [3.63, 3.8) is 0 Å². The van der Waals surface area contributed by atoms with E-state index in [-0.39, 0.29) is 0 Å². The number of nitrogens with zero attached hydrogens (tertiary/aromatic N) is 1. The monoisotopic (exact) mass is 669 g/mol. The van der Waals surface area contributed by atoms with Gasteiger partial charge in [0.15, 0.2) is 0 Å². The Kier molecular flexibility index (Phi) is 6.64. The van der Waals surface area contributed by atoms with Crippen molar-refractivity contribution in [1.82, 2.24) is 0 Å². The van der Waals surface area contributed by atoms with Crippen LogP contribution < -0.4 is 4.90 Å². The fourth-order valence-electron chi connectivity index (χ4n) is 10.4. The normalized spacial score (nSPS) is 19.6. The SMILES string of the molecule is c1ccc(C2(c3ccccc3)c3ccccc3-c3ccc(N(c4ccc(C5CC6CCC5C6)cc4)c4ccc5oc6ccccc6c5c4)cc32)cc1. The van der Waals surface area contributed by atoms with Crippen LogP contribution in [0.25, 0.3) is 33.1 Å². The smallest absolute Gasteiger partial charge is 0.135 e. The quantitative estimate of drug-likeness (QED) is 0.175. The van der Waals surface area contributed by atoms with Crippen LogP contribution in [0.2, 0.25) is 0 Å². The Bertz CT molecular complexity index is 2560. The Morgan fingerprint density at radius 1 is 0.481 bits per heavy atom. The van der Waals surface area contributed by atoms with Crippen LogP contribution in [-0.4, -0.2) is 0 Å². The van der Waals surface area contributed by atoms with Gasteiger partial charge in [-0.15, -0.1) is 0 Å². The summed E-state index contributed by atoms with van der Waals surface area (Å²) in [6.07, 6.45) is 5.58. The second kappa shape index (κ2) is 11.6. The molecule has 2 nitrogen and oxygen atoms in total. The van der Waals surface area contributed by atoms with E-state index in [4.69, 9.17) is 4.42 Å². The first-order valence-corrected chi connectivity index (χ1v) is 18.9. The molecule has 1 heterocycles. The molecule has 2 saturated carbocycles. The Hall–Kier alpha value is -5.86. The van der Waals surface area contributed by atoms with E-state index >= 15 is 0 Å². The minimum Gasteiger partial charge on any atom is -0.456 e. The highest BCUT2D eigenvalue weighted by molar-refractivity contribution is 6.06. The third-order valence-corrected chi connectivity index (χ3v) is 12.6. The summed E-state index contributed by atoms with van der Waals surface area (Å²) < 4.78 is 6.30. The largest absolute Gasteiger partial charge is 0.456 e. The number of fused-ring (bicyclic) bond motifs is 8. The Morgan fingerprint density at radius 3 is 1.87 bits per heavy atom. The van der Waals surface area contributed by atoms with Gasteiger partial charge in [0.2, 0.25) is 0 Å². The summed E-state index contributed by atoms with van der Waals surface area (Å²) in [5, 5.41) is 2.27. The summed E-state index contributed by atoms with van der Waals surface area (Å²) in [4.78, 5) is 2.45. The summed E-state index contributed by atoms with van der Waals surface area (Å²) in [6.45, 7) is 0. The zero-order valence-electron chi connectivity index (χ0n) is 29.1. The van der Waals surface area contributed by atoms with Crippen molar-refractivity contribution in [1.29, 1.82) is 0 Å². The van der Waals surface area contributed by atoms with Crippen LogP contribution in [0.3, 0.4) is 0 Å². The number of benzene rings is 7. The third kappa shape index (κ3) is 4.37. The maximum Gasteiger partial charge on any atom is 0.135 e. The molecule has 52 heavy (non-hydrogen) atoms. The fraction of sp³-hybridized carbons (Fsp3) is 0.160. The van der Waals surface area contributed by atoms with E-state index in [9.17, 15) is 0 Å². The molecule has 7 aromatic carbocycles. The van der Waals surface area contributed by atoms with Crippen molar-refractivity contribution >= 4 is 39.0 Å². The lowest BCUT2D eigenvalue weighted by molar-refractivity contribution is 0.420. The van der Waals surface area contributed by atoms with Crippen LogP contribution in [0.1, 0.15) is 59.4 Å². The number of furan rings is 1. The van der Waals surface area contributed by atoms with Crippen LogP contribution >= 0.6 is 0 Å². The first-order valence-electron chi connectivity index (χ1n) is 18.9. The first kappa shape index (κ1) is 29.8. The molecule has 0 spiro atoms. The predicted molar refractivity (Wildman–Crippen MR) is 214 cm³/mol. The summed E-state index contributed by atoms with van der Waals surface area (Å²) >= 11 is 0. The molecule has 11 rings (SSSR count). The molecule has 2 bridgehead atoms. The number of hydrogen-bond acceptors (Lipinski definition) is 2. The molecule has 2 heteroatoms. The fourth-order valence-corrected chi connectivity index (χ4v) is 10.4. The highest BCUT2D eigenvalue weighted by Gasteiger charge is 2.46. The highest BCUT2D eigenvalue weighted by atomic mass is 16.3. The summed E-state index contributed by atoms with van der Waals surface area (Å²) in [5.74, 6) is 2.48. The van der Waals surface area contributed by atoms with Gasteiger partial charge in [0.05, 0.1) is 5.41 Å². The van der Waals surface area contributed by atoms with Gasteiger partial charge < -0.3 is 9.32 Å². The second-order valence-corrected chi connectivity index (χ2v) is 15.2. The van der Waals surface area contributed by atoms with E-state index in [0.717, 1.165) is 45.1 Å². The Labute approximate surface area is 305 Å². The number of anilines is 3. The molecular weight excluding hydrogens is 631 g/mol. The summed E-state index contributed by atoms with van der Waals surface area (Å²) in [5.41, 5.74) is 14.1. The Balaban J connectivity index is 1.14. The van der Waals surface area contributed by atoms with E-state index < -0.39 is 5.41 Å². The van der Waals surface area contributed by atoms with Crippen molar-refractivity contribution in [3.8, 4) is 11.1 Å². The van der Waals surface area contributed by atoms with Gasteiger partial charge in [-0.2, -0.15) is 0 Å². The minimum atomic E-state index is -0.466. The summed E-state index contributed by atoms with van der Waals surface area (Å²) in [6, 6.07) is 62.9. The molecule has 0 saturated heterocycles. The maximum absolute atomic E-state index is 6.30. The molecule has 1 aromatic heterocycles. The molecule has 3 unspecified atom stereocenters. The first-order chi connectivity index (χ1) is 25.8. The van der Waals surface area contributed by atoms with Crippen molar-refractivity contribution in [2.75, 3.05) is 4.90 Å². The van der Waals surface area contributed by atoms with Crippen molar-refractivity contribution in [3.05, 3.63) is 198 Å². The summed E-state index contributed by atoms with van der Waals surface area (Å²) in [7, 11) is 0. The van der Waals surface area contributed by atoms with Crippen LogP contribution in [0.4, 0.5) is 17.1 Å². The van der Waals surface area contributed by atoms with Gasteiger partial charge >= 0.3 is 0 Å². The van der Waals surface area contributed by atoms with Gasteiger partial charge in [0, 0.05) is 27.8 Å². The van der Waals surface area contributed by atoms with Crippen molar-refractivity contribution in [2.45, 2.75) is 37.0 Å². The van der Waals surface area contributed by atoms with Gasteiger partial charge in [0.1, 0.15) is 11.2 Å². The average Bonchev–Trinajstić information content (AvgIpc) is 4.00. The molecule has 3 aliphatic rings. The van der Waals surface area contributed by atoms with E-state index in [1.165, 1.54) is 70.3 Å². The number of hydrogen-bond donors (Lipinski definition) is 0. The van der Waals surface area contributed by atoms with Crippen LogP contribution in [0.5, 0.6) is 0 Å². The average molecular weight is 670 g/mol. The van der Waals surface area contributed by atoms with Crippen molar-refractivity contribution < 1.29 is 4.42 Å². The van der Waals surface area contributed by atoms with Gasteiger partial charge in [0.25, 0.3) is 0 Å². The van der Waals surface area contributed by atoms with Crippen LogP contribution in [0, 0.1) is 11.8 Å². The van der Waals surface area contributed by atoms with E-state index in [1.54, 1.807) is 0 Å². The molecule has 0 amide bonds. The standard InChI is InChI=1S/C50H39NO/c1-3-11-36(12-4-1)50(37-13-5-2-6-14-37)46-17-9-7-15-41(46)42-27-25-40(32-47(42)50)51(38-23-21-34(22-24-38)44-30-33-19-20-35(44)29-33)39-26-28-49-45(31-39)43-16-8-10-18-48(43)52-49/h1-18,21-28,31-33,35,44H,19-20,29-30H2. The van der Waals surface area contributed by atoms with Gasteiger partial charge in [-0.25, -0.2) is 0 Å². The molecule has 8 aromatic rings. The zero-order valence-corrected chi connectivity index (χ0v) is 29.1. The van der Waals surface area contributed by atoms with Gasteiger partial charge in [-0.3, -0.25) is 0 Å². The highest BCUT2D eigenvalue weighted by Crippen LogP contribution is 2.57. The number of para-hydroxylation sites is 1. The Morgan fingerprint density at radius 2 is 1.12 bits per heavy atom. The topological polar surface area (TPSA) is 16.4 Å². The molecular formula is C50H39NO. The molecule has 0 radical (unpaired) electrons. The molecule has 0 N–H and O–H groups in total. The second-order valence-electron chi connectivity index (χ2n) is 15.2. The molecule has 3 atom stereocenters. The minimum absolute atomic E-state index is 0.466. The van der Waals surface area contributed by atoms with E-state index in [0.29, 0.717) is 5.92 Å². The van der Waals surface area contributed by atoms with Crippen molar-refractivity contribution in [2.24, 2.45) is 11.8 Å². The zero-order chi connectivity index (χ0) is 34.2. The van der Waals surface area contributed by atoms with E-state index in [2.05, 4.69) is 169 Å². The third-order valence-electron chi connectivity index (χ3n) is 12.6. The lowest BCUT2D eigenvalue weighted by Crippen LogP contribution is -2.28.